The second-order valence-corrected chi connectivity index (χ2v) is 4.40. The molecule has 106 valence electrons. The Labute approximate surface area is 118 Å². The molecule has 3 N–H and O–H groups in total. The van der Waals surface area contributed by atoms with Crippen LogP contribution >= 0.6 is 11.6 Å². The number of fused-ring (bicyclic) bond motifs is 1. The second-order valence-electron chi connectivity index (χ2n) is 3.96. The molecule has 2 aromatic rings. The van der Waals surface area contributed by atoms with Crippen molar-refractivity contribution in [2.45, 2.75) is 12.8 Å². The van der Waals surface area contributed by atoms with Crippen molar-refractivity contribution in [3.63, 3.8) is 0 Å². The zero-order valence-corrected chi connectivity index (χ0v) is 11.1. The minimum atomic E-state index is -0.897. The number of carboxylic acids is 1. The molecule has 0 bridgehead atoms. The van der Waals surface area contributed by atoms with Crippen LogP contribution in [0.2, 0.25) is 5.02 Å². The number of rotatable bonds is 5. The number of halogens is 1. The Balaban J connectivity index is 1.88. The summed E-state index contributed by atoms with van der Waals surface area (Å²) in [6, 6.07) is 2.78. The van der Waals surface area contributed by atoms with E-state index in [1.54, 1.807) is 18.3 Å². The van der Waals surface area contributed by atoms with Crippen molar-refractivity contribution in [3.05, 3.63) is 23.4 Å². The molecule has 2 aromatic heterocycles. The normalized spacial score (nSPS) is 10.4. The van der Waals surface area contributed by atoms with Gasteiger partial charge in [-0.25, -0.2) is 9.31 Å². The summed E-state index contributed by atoms with van der Waals surface area (Å²) >= 11 is 5.81. The quantitative estimate of drug-likeness (QED) is 0.722. The highest BCUT2D eigenvalue weighted by Crippen LogP contribution is 2.12. The molecule has 0 fully saturated rings. The second kappa shape index (κ2) is 6.20. The van der Waals surface area contributed by atoms with E-state index in [-0.39, 0.29) is 18.9 Å². The Morgan fingerprint density at radius 3 is 3.00 bits per heavy atom. The van der Waals surface area contributed by atoms with Crippen molar-refractivity contribution < 1.29 is 14.7 Å². The Kier molecular flexibility index (Phi) is 4.36. The van der Waals surface area contributed by atoms with E-state index in [0.29, 0.717) is 17.1 Å². The molecule has 0 aromatic carbocycles. The highest BCUT2D eigenvalue weighted by Gasteiger charge is 2.07. The number of carboxylic acid groups (broad SMARTS) is 1. The smallest absolute Gasteiger partial charge is 0.321 e. The van der Waals surface area contributed by atoms with Gasteiger partial charge in [0, 0.05) is 30.3 Å². The summed E-state index contributed by atoms with van der Waals surface area (Å²) in [7, 11) is 0. The number of hydrogen-bond donors (Lipinski definition) is 3. The molecule has 2 amide bonds. The maximum atomic E-state index is 11.5. The number of nitrogens with one attached hydrogen (secondary N) is 2. The van der Waals surface area contributed by atoms with Gasteiger partial charge in [-0.1, -0.05) is 11.6 Å². The van der Waals surface area contributed by atoms with Gasteiger partial charge in [0.15, 0.2) is 5.65 Å². The summed E-state index contributed by atoms with van der Waals surface area (Å²) in [5.41, 5.74) is 0.513. The molecule has 0 unspecified atom stereocenters. The van der Waals surface area contributed by atoms with Crippen molar-refractivity contribution in [2.75, 3.05) is 11.9 Å². The Morgan fingerprint density at radius 1 is 1.45 bits per heavy atom. The van der Waals surface area contributed by atoms with E-state index < -0.39 is 12.0 Å². The number of amides is 2. The van der Waals surface area contributed by atoms with Gasteiger partial charge in [-0.2, -0.15) is 4.98 Å². The first-order chi connectivity index (χ1) is 9.54. The number of aliphatic carboxylic acids is 1. The molecule has 0 atom stereocenters. The lowest BCUT2D eigenvalue weighted by Gasteiger charge is -2.03. The third kappa shape index (κ3) is 3.82. The fourth-order valence-electron chi connectivity index (χ4n) is 1.50. The van der Waals surface area contributed by atoms with Gasteiger partial charge < -0.3 is 10.4 Å². The van der Waals surface area contributed by atoms with E-state index in [2.05, 4.69) is 20.7 Å². The number of urea groups is 1. The molecule has 0 aliphatic carbocycles. The molecule has 2 heterocycles. The lowest BCUT2D eigenvalue weighted by molar-refractivity contribution is -0.137. The summed E-state index contributed by atoms with van der Waals surface area (Å²) < 4.78 is 1.48. The van der Waals surface area contributed by atoms with Crippen molar-refractivity contribution in [2.24, 2.45) is 0 Å². The summed E-state index contributed by atoms with van der Waals surface area (Å²) in [6.45, 7) is 0.261. The van der Waals surface area contributed by atoms with E-state index >= 15 is 0 Å². The van der Waals surface area contributed by atoms with Crippen molar-refractivity contribution >= 4 is 35.2 Å². The molecule has 0 aliphatic rings. The first-order valence-electron chi connectivity index (χ1n) is 5.83. The van der Waals surface area contributed by atoms with E-state index in [4.69, 9.17) is 16.7 Å². The molecule has 0 saturated heterocycles. The molecule has 8 nitrogen and oxygen atoms in total. The fraction of sp³-hybridized carbons (Fsp3) is 0.273. The van der Waals surface area contributed by atoms with Crippen LogP contribution in [0, 0.1) is 0 Å². The van der Waals surface area contributed by atoms with Crippen LogP contribution in [0.25, 0.3) is 5.65 Å². The van der Waals surface area contributed by atoms with Crippen LogP contribution in [0.1, 0.15) is 12.8 Å². The summed E-state index contributed by atoms with van der Waals surface area (Å²) in [4.78, 5) is 25.9. The van der Waals surface area contributed by atoms with Gasteiger partial charge in [0.05, 0.1) is 0 Å². The van der Waals surface area contributed by atoms with Gasteiger partial charge in [0.25, 0.3) is 5.95 Å². The van der Waals surface area contributed by atoms with Crippen LogP contribution in [0.4, 0.5) is 10.7 Å². The average Bonchev–Trinajstić information content (AvgIpc) is 2.75. The van der Waals surface area contributed by atoms with Crippen LogP contribution in [-0.4, -0.2) is 38.2 Å². The average molecular weight is 298 g/mol. The van der Waals surface area contributed by atoms with Gasteiger partial charge in [-0.15, -0.1) is 5.10 Å². The summed E-state index contributed by atoms with van der Waals surface area (Å²) in [5.74, 6) is -0.755. The van der Waals surface area contributed by atoms with E-state index in [1.165, 1.54) is 4.52 Å². The number of pyridine rings is 1. The largest absolute Gasteiger partial charge is 0.481 e. The number of carbonyl (C=O) groups excluding carboxylic acids is 1. The Bertz CT molecular complexity index is 642. The Hall–Kier alpha value is -2.35. The lowest BCUT2D eigenvalue weighted by atomic mass is 10.3. The van der Waals surface area contributed by atoms with Crippen LogP contribution in [0.3, 0.4) is 0 Å². The Morgan fingerprint density at radius 2 is 2.25 bits per heavy atom. The summed E-state index contributed by atoms with van der Waals surface area (Å²) in [6.07, 6.45) is 1.99. The third-order valence-corrected chi connectivity index (χ3v) is 2.61. The zero-order valence-electron chi connectivity index (χ0n) is 10.3. The monoisotopic (exact) mass is 297 g/mol. The van der Waals surface area contributed by atoms with Gasteiger partial charge in [0.2, 0.25) is 0 Å². The highest BCUT2D eigenvalue weighted by atomic mass is 35.5. The number of carbonyl (C=O) groups is 2. The molecule has 0 saturated carbocycles. The van der Waals surface area contributed by atoms with Gasteiger partial charge in [0.1, 0.15) is 0 Å². The fourth-order valence-corrected chi connectivity index (χ4v) is 1.65. The predicted octanol–water partition coefficient (Wildman–Crippen LogP) is 1.37. The number of anilines is 1. The van der Waals surface area contributed by atoms with Crippen LogP contribution in [-0.2, 0) is 4.79 Å². The molecule has 0 spiro atoms. The first kappa shape index (κ1) is 14.1. The molecule has 0 radical (unpaired) electrons. The van der Waals surface area contributed by atoms with Crippen LogP contribution in [0.5, 0.6) is 0 Å². The van der Waals surface area contributed by atoms with E-state index in [1.807, 2.05) is 0 Å². The first-order valence-corrected chi connectivity index (χ1v) is 6.21. The van der Waals surface area contributed by atoms with E-state index in [0.717, 1.165) is 0 Å². The number of hydrogen-bond acceptors (Lipinski definition) is 4. The minimum Gasteiger partial charge on any atom is -0.481 e. The molecular weight excluding hydrogens is 286 g/mol. The molecule has 2 rings (SSSR count). The maximum Gasteiger partial charge on any atom is 0.321 e. The highest BCUT2D eigenvalue weighted by molar-refractivity contribution is 6.30. The van der Waals surface area contributed by atoms with Crippen LogP contribution in [0.15, 0.2) is 18.3 Å². The van der Waals surface area contributed by atoms with Crippen LogP contribution < -0.4 is 10.6 Å². The summed E-state index contributed by atoms with van der Waals surface area (Å²) in [5, 5.41) is 18.0. The lowest BCUT2D eigenvalue weighted by Crippen LogP contribution is -2.30. The van der Waals surface area contributed by atoms with Gasteiger partial charge in [-0.05, 0) is 12.5 Å². The van der Waals surface area contributed by atoms with Gasteiger partial charge >= 0.3 is 12.0 Å². The predicted molar refractivity (Wildman–Crippen MR) is 71.9 cm³/mol. The third-order valence-electron chi connectivity index (χ3n) is 2.38. The van der Waals surface area contributed by atoms with E-state index in [9.17, 15) is 9.59 Å². The minimum absolute atomic E-state index is 0.00535. The van der Waals surface area contributed by atoms with Crippen molar-refractivity contribution in [1.82, 2.24) is 19.9 Å². The molecular formula is C11H12ClN5O3. The molecule has 9 heteroatoms. The standard InChI is InChI=1S/C11H12ClN5O3/c12-7-3-5-17-8(6-7)14-10(16-17)15-11(20)13-4-1-2-9(18)19/h3,5-6H,1-2,4H2,(H,18,19)(H2,13,15,16,20). The zero-order chi connectivity index (χ0) is 14.5. The molecule has 0 aliphatic heterocycles. The maximum absolute atomic E-state index is 11.5. The topological polar surface area (TPSA) is 109 Å². The molecule has 20 heavy (non-hydrogen) atoms. The van der Waals surface area contributed by atoms with Crippen molar-refractivity contribution in [3.8, 4) is 0 Å². The van der Waals surface area contributed by atoms with Gasteiger partial charge in [-0.3, -0.25) is 10.1 Å². The number of nitrogens with zero attached hydrogens (tertiary/aromatic N) is 3. The van der Waals surface area contributed by atoms with Crippen molar-refractivity contribution in [1.29, 1.82) is 0 Å². The number of aromatic nitrogens is 3. The SMILES string of the molecule is O=C(O)CCCNC(=O)Nc1nc2cc(Cl)ccn2n1.